The van der Waals surface area contributed by atoms with Crippen molar-refractivity contribution in [2.75, 3.05) is 28.2 Å². The Morgan fingerprint density at radius 1 is 0.815 bits per heavy atom. The third kappa shape index (κ3) is 3.71. The van der Waals surface area contributed by atoms with Gasteiger partial charge in [0.15, 0.2) is 20.3 Å². The Hall–Kier alpha value is -2.73. The fourth-order valence-electron chi connectivity index (χ4n) is 3.34. The lowest BCUT2D eigenvalue weighted by Gasteiger charge is -2.26. The van der Waals surface area contributed by atoms with E-state index < -0.39 is 20.3 Å². The summed E-state index contributed by atoms with van der Waals surface area (Å²) in [6, 6.07) is 0. The predicted octanol–water partition coefficient (Wildman–Crippen LogP) is 1.29. The maximum Gasteiger partial charge on any atom is 0.314 e. The Bertz CT molecular complexity index is 911. The quantitative estimate of drug-likeness (QED) is 0.533. The zero-order valence-corrected chi connectivity index (χ0v) is 17.2. The van der Waals surface area contributed by atoms with Crippen LogP contribution in [0.15, 0.2) is 46.8 Å². The molecule has 0 spiro atoms. The Kier molecular flexibility index (Phi) is 5.70. The van der Waals surface area contributed by atoms with Crippen molar-refractivity contribution in [2.24, 2.45) is 0 Å². The fourth-order valence-corrected chi connectivity index (χ4v) is 5.19. The van der Waals surface area contributed by atoms with E-state index in [1.807, 2.05) is 42.0 Å². The van der Waals surface area contributed by atoms with Crippen molar-refractivity contribution in [1.29, 1.82) is 0 Å². The molecule has 144 valence electrons. The van der Waals surface area contributed by atoms with Gasteiger partial charge < -0.3 is 20.9 Å². The Morgan fingerprint density at radius 3 is 1.41 bits per heavy atom. The van der Waals surface area contributed by atoms with Crippen LogP contribution in [0, 0.1) is 0 Å². The highest BCUT2D eigenvalue weighted by Gasteiger charge is 2.46. The minimum absolute atomic E-state index is 0.0291. The zero-order chi connectivity index (χ0) is 20.5. The lowest BCUT2D eigenvalue weighted by molar-refractivity contribution is -0.00555. The molecule has 9 heteroatoms. The molecule has 0 amide bonds. The van der Waals surface area contributed by atoms with Crippen molar-refractivity contribution < 1.29 is 18.0 Å². The van der Waals surface area contributed by atoms with E-state index in [2.05, 4.69) is 9.58 Å². The molecule has 2 aliphatic rings. The van der Waals surface area contributed by atoms with E-state index in [4.69, 9.17) is 0 Å². The van der Waals surface area contributed by atoms with Crippen LogP contribution in [0.5, 0.6) is 0 Å². The first-order valence-electron chi connectivity index (χ1n) is 8.36. The first kappa shape index (κ1) is 20.6. The molecule has 0 aromatic rings. The highest BCUT2D eigenvalue weighted by molar-refractivity contribution is 7.94. The number of nitrogens with zero attached hydrogens (tertiary/aromatic N) is 6. The molecule has 0 N–H and O–H groups in total. The molecule has 0 radical (unpaired) electrons. The van der Waals surface area contributed by atoms with Gasteiger partial charge in [-0.15, -0.1) is 0 Å². The summed E-state index contributed by atoms with van der Waals surface area (Å²) in [5.41, 5.74) is 21.9. The van der Waals surface area contributed by atoms with Gasteiger partial charge in [0.1, 0.15) is 0 Å². The van der Waals surface area contributed by atoms with E-state index in [9.17, 15) is 19.5 Å². The highest BCUT2D eigenvalue weighted by atomic mass is 32.2. The van der Waals surface area contributed by atoms with E-state index in [1.165, 1.54) is 0 Å². The SMILES string of the molecule is CC1=CC(=[N+]=[N-])C(S(=O)(=O)C2C=C(N(C)C)C(C)=CC2=[N+]=[N-])C=C1N(C)C. The van der Waals surface area contributed by atoms with Gasteiger partial charge in [0.2, 0.25) is 0 Å². The molecule has 8 nitrogen and oxygen atoms in total. The first-order chi connectivity index (χ1) is 12.5. The van der Waals surface area contributed by atoms with E-state index in [-0.39, 0.29) is 11.4 Å². The van der Waals surface area contributed by atoms with Gasteiger partial charge in [-0.05, 0) is 37.1 Å². The van der Waals surface area contributed by atoms with E-state index in [0.29, 0.717) is 0 Å². The summed E-state index contributed by atoms with van der Waals surface area (Å²) in [5.74, 6) is 0. The molecular formula is C18H24N6O2S. The number of sulfone groups is 1. The van der Waals surface area contributed by atoms with Crippen LogP contribution in [-0.4, -0.2) is 77.9 Å². The summed E-state index contributed by atoms with van der Waals surface area (Å²) in [6.45, 7) is 3.63. The summed E-state index contributed by atoms with van der Waals surface area (Å²) >= 11 is 0. The molecule has 0 heterocycles. The smallest absolute Gasteiger partial charge is 0.314 e. The van der Waals surface area contributed by atoms with E-state index >= 15 is 0 Å². The van der Waals surface area contributed by atoms with Crippen LogP contribution in [0.2, 0.25) is 0 Å². The van der Waals surface area contributed by atoms with Crippen molar-refractivity contribution in [2.45, 2.75) is 24.3 Å². The Morgan fingerprint density at radius 2 is 1.15 bits per heavy atom. The average molecular weight is 388 g/mol. The number of rotatable bonds is 4. The van der Waals surface area contributed by atoms with Gasteiger partial charge in [-0.3, -0.25) is 0 Å². The van der Waals surface area contributed by atoms with Crippen LogP contribution in [0.4, 0.5) is 0 Å². The minimum Gasteiger partial charge on any atom is -0.378 e. The predicted molar refractivity (Wildman–Crippen MR) is 105 cm³/mol. The maximum atomic E-state index is 13.5. The van der Waals surface area contributed by atoms with Gasteiger partial charge >= 0.3 is 11.4 Å². The van der Waals surface area contributed by atoms with Crippen molar-refractivity contribution in [3.63, 3.8) is 0 Å². The molecule has 0 aromatic heterocycles. The van der Waals surface area contributed by atoms with Crippen molar-refractivity contribution in [3.8, 4) is 0 Å². The number of hydrogen-bond acceptors (Lipinski definition) is 4. The molecule has 0 saturated heterocycles. The topological polar surface area (TPSA) is 113 Å². The second kappa shape index (κ2) is 7.48. The summed E-state index contributed by atoms with van der Waals surface area (Å²) in [6.07, 6.45) is 6.22. The molecule has 0 saturated carbocycles. The minimum atomic E-state index is -3.96. The first-order valence-corrected chi connectivity index (χ1v) is 9.97. The van der Waals surface area contributed by atoms with E-state index in [0.717, 1.165) is 22.5 Å². The van der Waals surface area contributed by atoms with Gasteiger partial charge in [-0.1, -0.05) is 0 Å². The van der Waals surface area contributed by atoms with Crippen LogP contribution in [0.25, 0.3) is 11.1 Å². The standard InChI is InChI=1S/C18H24N6O2S/c1-11-7-13(21-19)17(9-15(11)23(3)4)27(25,26)18-10-16(24(5)6)12(2)8-14(18)22-20/h7-10,17-18H,1-6H3. The molecule has 2 rings (SSSR count). The molecule has 0 bridgehead atoms. The Balaban J connectivity index is 2.66. The van der Waals surface area contributed by atoms with Gasteiger partial charge in [0.05, 0.1) is 0 Å². The summed E-state index contributed by atoms with van der Waals surface area (Å²) in [4.78, 5) is 10.0. The van der Waals surface area contributed by atoms with E-state index in [1.54, 1.807) is 34.1 Å². The van der Waals surface area contributed by atoms with Crippen LogP contribution in [0.3, 0.4) is 0 Å². The fraction of sp³-hybridized carbons (Fsp3) is 0.444. The molecule has 2 aliphatic carbocycles. The van der Waals surface area contributed by atoms with Gasteiger partial charge in [-0.25, -0.2) is 8.42 Å². The molecule has 0 aromatic carbocycles. The summed E-state index contributed by atoms with van der Waals surface area (Å²) < 4.78 is 26.9. The van der Waals surface area contributed by atoms with Crippen LogP contribution in [0.1, 0.15) is 13.8 Å². The highest BCUT2D eigenvalue weighted by Crippen LogP contribution is 2.29. The maximum absolute atomic E-state index is 13.5. The summed E-state index contributed by atoms with van der Waals surface area (Å²) in [7, 11) is 3.28. The third-order valence-electron chi connectivity index (χ3n) is 4.64. The van der Waals surface area contributed by atoms with Crippen LogP contribution >= 0.6 is 0 Å². The number of hydrogen-bond donors (Lipinski definition) is 0. The lowest BCUT2D eigenvalue weighted by atomic mass is 10.0. The number of likely N-dealkylation sites (N-methyl/N-ethyl adjacent to an activating group) is 2. The molecule has 2 atom stereocenters. The average Bonchev–Trinajstić information content (AvgIpc) is 2.59. The zero-order valence-electron chi connectivity index (χ0n) is 16.4. The third-order valence-corrected chi connectivity index (χ3v) is 6.81. The monoisotopic (exact) mass is 388 g/mol. The van der Waals surface area contributed by atoms with Gasteiger partial charge in [0, 0.05) is 51.7 Å². The molecule has 27 heavy (non-hydrogen) atoms. The van der Waals surface area contributed by atoms with Gasteiger partial charge in [-0.2, -0.15) is 9.58 Å². The van der Waals surface area contributed by atoms with Crippen molar-refractivity contribution >= 4 is 21.3 Å². The van der Waals surface area contributed by atoms with Gasteiger partial charge in [0.25, 0.3) is 0 Å². The van der Waals surface area contributed by atoms with Crippen LogP contribution < -0.4 is 0 Å². The second-order valence-corrected chi connectivity index (χ2v) is 9.22. The second-order valence-electron chi connectivity index (χ2n) is 7.03. The molecule has 0 fully saturated rings. The Labute approximate surface area is 159 Å². The van der Waals surface area contributed by atoms with Crippen molar-refractivity contribution in [1.82, 2.24) is 9.80 Å². The largest absolute Gasteiger partial charge is 0.378 e. The lowest BCUT2D eigenvalue weighted by Crippen LogP contribution is -2.43. The number of allylic oxidation sites excluding steroid dienone is 4. The van der Waals surface area contributed by atoms with Crippen molar-refractivity contribution in [3.05, 3.63) is 57.9 Å². The molecule has 0 aliphatic heterocycles. The summed E-state index contributed by atoms with van der Waals surface area (Å²) in [5, 5.41) is -2.34. The van der Waals surface area contributed by atoms with Crippen LogP contribution in [-0.2, 0) is 9.84 Å². The molecular weight excluding hydrogens is 364 g/mol. The molecule has 2 unspecified atom stereocenters. The normalized spacial score (nSPS) is 22.7.